The Labute approximate surface area is 111 Å². The maximum absolute atomic E-state index is 12.0. The molecule has 8 heteroatoms. The van der Waals surface area contributed by atoms with Gasteiger partial charge >= 0.3 is 0 Å². The van der Waals surface area contributed by atoms with Gasteiger partial charge < -0.3 is 5.11 Å². The molecule has 19 heavy (non-hydrogen) atoms. The van der Waals surface area contributed by atoms with Crippen LogP contribution in [0.5, 0.6) is 0 Å². The molecular formula is C11H16N2O5S. The van der Waals surface area contributed by atoms with Crippen molar-refractivity contribution < 1.29 is 18.4 Å². The van der Waals surface area contributed by atoms with Gasteiger partial charge in [-0.1, -0.05) is 6.92 Å². The number of sulfonamides is 1. The first kappa shape index (κ1) is 15.5. The number of hydrogen-bond acceptors (Lipinski definition) is 5. The first-order chi connectivity index (χ1) is 8.77. The summed E-state index contributed by atoms with van der Waals surface area (Å²) in [4.78, 5) is 9.84. The van der Waals surface area contributed by atoms with Crippen molar-refractivity contribution in [1.29, 1.82) is 0 Å². The Morgan fingerprint density at radius 1 is 1.32 bits per heavy atom. The van der Waals surface area contributed by atoms with Crippen LogP contribution >= 0.6 is 0 Å². The third-order valence-corrected chi connectivity index (χ3v) is 4.42. The summed E-state index contributed by atoms with van der Waals surface area (Å²) in [6, 6.07) is 4.18. The van der Waals surface area contributed by atoms with E-state index in [4.69, 9.17) is 5.11 Å². The van der Waals surface area contributed by atoms with Crippen LogP contribution in [0.25, 0.3) is 0 Å². The first-order valence-corrected chi connectivity index (χ1v) is 7.14. The molecule has 0 heterocycles. The van der Waals surface area contributed by atoms with Crippen molar-refractivity contribution in [3.63, 3.8) is 0 Å². The maximum Gasteiger partial charge on any atom is 0.269 e. The molecule has 0 saturated carbocycles. The average Bonchev–Trinajstić information content (AvgIpc) is 2.37. The van der Waals surface area contributed by atoms with E-state index in [0.29, 0.717) is 0 Å². The number of nitro benzene ring substituents is 1. The van der Waals surface area contributed by atoms with Crippen LogP contribution in [-0.2, 0) is 10.0 Å². The summed E-state index contributed by atoms with van der Waals surface area (Å²) in [5.74, 6) is -0.229. The molecule has 1 aromatic carbocycles. The lowest BCUT2D eigenvalue weighted by molar-refractivity contribution is -0.384. The molecule has 0 saturated heterocycles. The number of benzene rings is 1. The molecule has 0 amide bonds. The summed E-state index contributed by atoms with van der Waals surface area (Å²) >= 11 is 0. The molecule has 2 N–H and O–H groups in total. The van der Waals surface area contributed by atoms with E-state index in [2.05, 4.69) is 4.72 Å². The molecule has 0 aliphatic rings. The standard InChI is InChI=1S/C11H16N2O5S/c1-8(7-14)9(2)12-19(17,18)11-5-3-10(4-6-11)13(15)16/h3-6,8-9,12,14H,7H2,1-2H3. The number of non-ortho nitro benzene ring substituents is 1. The molecule has 7 nitrogen and oxygen atoms in total. The number of aliphatic hydroxyl groups excluding tert-OH is 1. The molecular weight excluding hydrogens is 272 g/mol. The minimum Gasteiger partial charge on any atom is -0.396 e. The Morgan fingerprint density at radius 3 is 2.26 bits per heavy atom. The third kappa shape index (κ3) is 3.98. The second-order valence-corrected chi connectivity index (χ2v) is 6.03. The summed E-state index contributed by atoms with van der Waals surface area (Å²) in [5.41, 5.74) is -0.171. The Hall–Kier alpha value is -1.51. The number of rotatable bonds is 6. The van der Waals surface area contributed by atoms with Crippen molar-refractivity contribution >= 4 is 15.7 Å². The fourth-order valence-electron chi connectivity index (χ4n) is 1.33. The highest BCUT2D eigenvalue weighted by atomic mass is 32.2. The molecule has 1 rings (SSSR count). The summed E-state index contributed by atoms with van der Waals surface area (Å²) in [7, 11) is -3.74. The van der Waals surface area contributed by atoms with Crippen LogP contribution in [0.2, 0.25) is 0 Å². The van der Waals surface area contributed by atoms with E-state index in [-0.39, 0.29) is 23.1 Å². The van der Waals surface area contributed by atoms with Gasteiger partial charge in [0.1, 0.15) is 0 Å². The largest absolute Gasteiger partial charge is 0.396 e. The van der Waals surface area contributed by atoms with Gasteiger partial charge in [0, 0.05) is 24.8 Å². The van der Waals surface area contributed by atoms with Gasteiger partial charge in [-0.2, -0.15) is 0 Å². The number of nitrogens with zero attached hydrogens (tertiary/aromatic N) is 1. The van der Waals surface area contributed by atoms with Gasteiger partial charge in [-0.15, -0.1) is 0 Å². The van der Waals surface area contributed by atoms with Crippen LogP contribution in [0, 0.1) is 16.0 Å². The molecule has 0 radical (unpaired) electrons. The lowest BCUT2D eigenvalue weighted by Crippen LogP contribution is -2.38. The van der Waals surface area contributed by atoms with Gasteiger partial charge in [-0.05, 0) is 25.0 Å². The van der Waals surface area contributed by atoms with Crippen LogP contribution in [0.1, 0.15) is 13.8 Å². The van der Waals surface area contributed by atoms with Crippen LogP contribution in [0.15, 0.2) is 29.2 Å². The summed E-state index contributed by atoms with van der Waals surface area (Å²) in [6.07, 6.45) is 0. The highest BCUT2D eigenvalue weighted by Gasteiger charge is 2.21. The molecule has 0 aromatic heterocycles. The predicted octanol–water partition coefficient (Wildman–Crippen LogP) is 0.890. The quantitative estimate of drug-likeness (QED) is 0.596. The van der Waals surface area contributed by atoms with Crippen molar-refractivity contribution in [3.05, 3.63) is 34.4 Å². The molecule has 0 fully saturated rings. The Balaban J connectivity index is 2.91. The summed E-state index contributed by atoms with van der Waals surface area (Å²) in [6.45, 7) is 3.22. The van der Waals surface area contributed by atoms with Gasteiger partial charge in [0.2, 0.25) is 10.0 Å². The molecule has 106 valence electrons. The minimum atomic E-state index is -3.74. The van der Waals surface area contributed by atoms with Crippen LogP contribution in [-0.4, -0.2) is 31.1 Å². The van der Waals surface area contributed by atoms with Crippen LogP contribution < -0.4 is 4.72 Å². The van der Waals surface area contributed by atoms with Gasteiger partial charge in [0.05, 0.1) is 9.82 Å². The van der Waals surface area contributed by atoms with E-state index in [0.717, 1.165) is 12.1 Å². The van der Waals surface area contributed by atoms with Crippen molar-refractivity contribution in [2.24, 2.45) is 5.92 Å². The van der Waals surface area contributed by atoms with Gasteiger partial charge in [0.15, 0.2) is 0 Å². The Morgan fingerprint density at radius 2 is 1.84 bits per heavy atom. The molecule has 0 spiro atoms. The Kier molecular flexibility index (Phi) is 4.98. The van der Waals surface area contributed by atoms with Crippen molar-refractivity contribution in [2.75, 3.05) is 6.61 Å². The van der Waals surface area contributed by atoms with Crippen LogP contribution in [0.3, 0.4) is 0 Å². The molecule has 2 atom stereocenters. The number of nitro groups is 1. The highest BCUT2D eigenvalue weighted by molar-refractivity contribution is 7.89. The molecule has 2 unspecified atom stereocenters. The zero-order valence-corrected chi connectivity index (χ0v) is 11.4. The van der Waals surface area contributed by atoms with E-state index in [1.807, 2.05) is 0 Å². The normalized spacial score (nSPS) is 14.9. The molecule has 0 aliphatic carbocycles. The highest BCUT2D eigenvalue weighted by Crippen LogP contribution is 2.16. The van der Waals surface area contributed by atoms with Gasteiger partial charge in [0.25, 0.3) is 5.69 Å². The monoisotopic (exact) mass is 288 g/mol. The van der Waals surface area contributed by atoms with Crippen molar-refractivity contribution in [2.45, 2.75) is 24.8 Å². The van der Waals surface area contributed by atoms with E-state index in [1.165, 1.54) is 12.1 Å². The summed E-state index contributed by atoms with van der Waals surface area (Å²) in [5, 5.41) is 19.4. The molecule has 0 aliphatic heterocycles. The Bertz CT molecular complexity index is 541. The average molecular weight is 288 g/mol. The third-order valence-electron chi connectivity index (χ3n) is 2.84. The van der Waals surface area contributed by atoms with E-state index < -0.39 is 21.0 Å². The molecule has 0 bridgehead atoms. The van der Waals surface area contributed by atoms with E-state index in [1.54, 1.807) is 13.8 Å². The summed E-state index contributed by atoms with van der Waals surface area (Å²) < 4.78 is 26.4. The SMILES string of the molecule is CC(CO)C(C)NS(=O)(=O)c1ccc([N+](=O)[O-])cc1. The zero-order valence-electron chi connectivity index (χ0n) is 10.6. The predicted molar refractivity (Wildman–Crippen MR) is 69.1 cm³/mol. The molecule has 1 aromatic rings. The zero-order chi connectivity index (χ0) is 14.6. The van der Waals surface area contributed by atoms with Crippen molar-refractivity contribution in [1.82, 2.24) is 4.72 Å². The number of aliphatic hydroxyl groups is 1. The smallest absolute Gasteiger partial charge is 0.269 e. The van der Waals surface area contributed by atoms with Crippen molar-refractivity contribution in [3.8, 4) is 0 Å². The second-order valence-electron chi connectivity index (χ2n) is 4.32. The fourth-order valence-corrected chi connectivity index (χ4v) is 2.69. The lowest BCUT2D eigenvalue weighted by atomic mass is 10.1. The first-order valence-electron chi connectivity index (χ1n) is 5.65. The lowest BCUT2D eigenvalue weighted by Gasteiger charge is -2.19. The second kappa shape index (κ2) is 6.09. The van der Waals surface area contributed by atoms with Crippen LogP contribution in [0.4, 0.5) is 5.69 Å². The van der Waals surface area contributed by atoms with Gasteiger partial charge in [-0.25, -0.2) is 13.1 Å². The number of hydrogen-bond donors (Lipinski definition) is 2. The van der Waals surface area contributed by atoms with Gasteiger partial charge in [-0.3, -0.25) is 10.1 Å². The number of nitrogens with one attached hydrogen (secondary N) is 1. The fraction of sp³-hybridized carbons (Fsp3) is 0.455. The minimum absolute atomic E-state index is 0.0462. The topological polar surface area (TPSA) is 110 Å². The van der Waals surface area contributed by atoms with E-state index in [9.17, 15) is 18.5 Å². The van der Waals surface area contributed by atoms with E-state index >= 15 is 0 Å². The maximum atomic E-state index is 12.0.